The highest BCUT2D eigenvalue weighted by atomic mass is 79.9. The van der Waals surface area contributed by atoms with Crippen LogP contribution in [0.15, 0.2) is 40.9 Å². The number of amides is 2. The number of benzene rings is 2. The van der Waals surface area contributed by atoms with Crippen molar-refractivity contribution in [2.45, 2.75) is 6.17 Å². The number of sulfonamides is 1. The number of nitrogens with one attached hydrogen (secondary N) is 1. The molecule has 0 radical (unpaired) electrons. The zero-order valence-electron chi connectivity index (χ0n) is 16.5. The first-order valence-electron chi connectivity index (χ1n) is 8.98. The summed E-state index contributed by atoms with van der Waals surface area (Å²) < 4.78 is 54.1. The zero-order valence-corrected chi connectivity index (χ0v) is 18.9. The second-order valence-electron chi connectivity index (χ2n) is 6.81. The quantitative estimate of drug-likeness (QED) is 0.467. The molecule has 0 aromatic heterocycles. The Kier molecular flexibility index (Phi) is 6.94. The fraction of sp³-hybridized carbons (Fsp3) is 0.200. The van der Waals surface area contributed by atoms with Gasteiger partial charge in [0.2, 0.25) is 10.0 Å². The first-order chi connectivity index (χ1) is 15.0. The normalized spacial score (nSPS) is 16.2. The van der Waals surface area contributed by atoms with Gasteiger partial charge in [0.1, 0.15) is 23.7 Å². The molecule has 0 bridgehead atoms. The largest absolute Gasteiger partial charge is 0.302 e. The van der Waals surface area contributed by atoms with E-state index < -0.39 is 51.7 Å². The van der Waals surface area contributed by atoms with E-state index in [9.17, 15) is 32.0 Å². The lowest BCUT2D eigenvalue weighted by molar-refractivity contribution is -0.168. The van der Waals surface area contributed by atoms with Crippen LogP contribution in [0.25, 0.3) is 0 Å². The minimum atomic E-state index is -3.47. The van der Waals surface area contributed by atoms with Crippen LogP contribution >= 0.6 is 15.9 Å². The monoisotopic (exact) mass is 527 g/mol. The van der Waals surface area contributed by atoms with Crippen molar-refractivity contribution in [3.63, 3.8) is 0 Å². The lowest BCUT2D eigenvalue weighted by atomic mass is 10.1. The van der Waals surface area contributed by atoms with Crippen LogP contribution in [0.4, 0.5) is 8.78 Å². The fourth-order valence-corrected chi connectivity index (χ4v) is 3.80. The van der Waals surface area contributed by atoms with Gasteiger partial charge < -0.3 is 4.90 Å². The molecule has 1 heterocycles. The van der Waals surface area contributed by atoms with Crippen LogP contribution in [0.1, 0.15) is 27.7 Å². The maximum absolute atomic E-state index is 14.7. The van der Waals surface area contributed by atoms with Gasteiger partial charge in [-0.3, -0.25) is 14.8 Å². The van der Waals surface area contributed by atoms with Crippen LogP contribution in [0.5, 0.6) is 0 Å². The highest BCUT2D eigenvalue weighted by Gasteiger charge is 2.42. The molecule has 1 atom stereocenters. The molecular formula is C20H16BrF2N3O5S. The molecule has 0 spiro atoms. The number of nitrogens with zero attached hydrogens (tertiary/aromatic N) is 2. The average Bonchev–Trinajstić information content (AvgIpc) is 2.99. The molecule has 1 unspecified atom stereocenters. The molecule has 2 aromatic carbocycles. The highest BCUT2D eigenvalue weighted by molar-refractivity contribution is 9.10. The van der Waals surface area contributed by atoms with E-state index in [0.717, 1.165) is 23.3 Å². The van der Waals surface area contributed by atoms with E-state index in [1.54, 1.807) is 24.3 Å². The Morgan fingerprint density at radius 1 is 1.28 bits per heavy atom. The van der Waals surface area contributed by atoms with E-state index in [1.165, 1.54) is 0 Å². The predicted molar refractivity (Wildman–Crippen MR) is 113 cm³/mol. The van der Waals surface area contributed by atoms with E-state index in [1.807, 2.05) is 0 Å². The topological polar surface area (TPSA) is 107 Å². The molecule has 2 amide bonds. The molecule has 0 aliphatic carbocycles. The lowest BCUT2D eigenvalue weighted by Gasteiger charge is -2.27. The minimum absolute atomic E-state index is 0.114. The van der Waals surface area contributed by atoms with Gasteiger partial charge in [-0.2, -0.15) is 5.06 Å². The number of rotatable bonds is 4. The van der Waals surface area contributed by atoms with Gasteiger partial charge >= 0.3 is 0 Å². The number of carbonyl (C=O) groups excluding carboxylic acids is 2. The van der Waals surface area contributed by atoms with Crippen LogP contribution in [0, 0.1) is 23.5 Å². The average molecular weight is 528 g/mol. The van der Waals surface area contributed by atoms with E-state index in [0.29, 0.717) is 15.1 Å². The SMILES string of the molecule is CS(=O)(=O)NCC#Cc1cc(F)c(C(=O)N2CC(=O)N(O)C2c2cccc(Br)c2)c(F)c1. The van der Waals surface area contributed by atoms with Crippen LogP contribution in [0.3, 0.4) is 0 Å². The van der Waals surface area contributed by atoms with Crippen LogP contribution in [0.2, 0.25) is 0 Å². The summed E-state index contributed by atoms with van der Waals surface area (Å²) in [7, 11) is -3.47. The molecule has 2 N–H and O–H groups in total. The third-order valence-corrected chi connectivity index (χ3v) is 5.57. The Balaban J connectivity index is 1.91. The van der Waals surface area contributed by atoms with Crippen LogP contribution in [-0.2, 0) is 14.8 Å². The summed E-state index contributed by atoms with van der Waals surface area (Å²) in [6.07, 6.45) is -0.334. The van der Waals surface area contributed by atoms with Crippen molar-refractivity contribution < 1.29 is 32.0 Å². The van der Waals surface area contributed by atoms with Crippen molar-refractivity contribution in [2.75, 3.05) is 19.3 Å². The smallest absolute Gasteiger partial charge is 0.267 e. The number of carbonyl (C=O) groups is 2. The van der Waals surface area contributed by atoms with Crippen LogP contribution in [-0.4, -0.2) is 54.7 Å². The van der Waals surface area contributed by atoms with Crippen molar-refractivity contribution >= 4 is 37.8 Å². The third kappa shape index (κ3) is 5.31. The summed E-state index contributed by atoms with van der Waals surface area (Å²) in [5.74, 6) is 0.427. The van der Waals surface area contributed by atoms with Crippen LogP contribution < -0.4 is 4.72 Å². The van der Waals surface area contributed by atoms with Gasteiger partial charge in [-0.15, -0.1) is 0 Å². The Morgan fingerprint density at radius 2 is 1.94 bits per heavy atom. The molecule has 8 nitrogen and oxygen atoms in total. The molecule has 1 saturated heterocycles. The standard InChI is InChI=1S/C20H16BrF2N3O5S/c1-32(30,31)24-7-3-4-12-8-15(22)18(16(23)9-12)20(28)25-11-17(27)26(29)19(25)13-5-2-6-14(21)10-13/h2,5-6,8-10,19,24,29H,7,11H2,1H3. The summed E-state index contributed by atoms with van der Waals surface area (Å²) in [5.41, 5.74) is -0.674. The Hall–Kier alpha value is -2.85. The van der Waals surface area contributed by atoms with Gasteiger partial charge in [0.15, 0.2) is 6.17 Å². The highest BCUT2D eigenvalue weighted by Crippen LogP contribution is 2.33. The number of hydroxylamine groups is 2. The lowest BCUT2D eigenvalue weighted by Crippen LogP contribution is -2.35. The Bertz CT molecular complexity index is 1240. The molecule has 1 aliphatic rings. The molecule has 1 aliphatic heterocycles. The molecule has 12 heteroatoms. The van der Waals surface area contributed by atoms with Crippen molar-refractivity contribution in [3.05, 3.63) is 69.2 Å². The Morgan fingerprint density at radius 3 is 2.53 bits per heavy atom. The molecule has 3 rings (SSSR count). The van der Waals surface area contributed by atoms with Crippen molar-refractivity contribution in [1.82, 2.24) is 14.7 Å². The molecule has 0 saturated carbocycles. The van der Waals surface area contributed by atoms with Gasteiger partial charge in [-0.05, 0) is 29.8 Å². The molecule has 168 valence electrons. The van der Waals surface area contributed by atoms with Gasteiger partial charge in [0.05, 0.1) is 12.8 Å². The van der Waals surface area contributed by atoms with E-state index in [2.05, 4.69) is 32.5 Å². The molecular weight excluding hydrogens is 512 g/mol. The van der Waals surface area contributed by atoms with Gasteiger partial charge in [0.25, 0.3) is 11.8 Å². The second-order valence-corrected chi connectivity index (χ2v) is 9.56. The first kappa shape index (κ1) is 23.8. The summed E-state index contributed by atoms with van der Waals surface area (Å²) in [6.45, 7) is -0.844. The number of hydrogen-bond donors (Lipinski definition) is 2. The van der Waals surface area contributed by atoms with Crippen molar-refractivity contribution in [3.8, 4) is 11.8 Å². The van der Waals surface area contributed by atoms with Gasteiger partial charge in [-0.25, -0.2) is 21.9 Å². The molecule has 1 fully saturated rings. The summed E-state index contributed by atoms with van der Waals surface area (Å²) in [6, 6.07) is 8.07. The van der Waals surface area contributed by atoms with Crippen molar-refractivity contribution in [1.29, 1.82) is 0 Å². The molecule has 2 aromatic rings. The van der Waals surface area contributed by atoms with Gasteiger partial charge in [-0.1, -0.05) is 39.9 Å². The summed E-state index contributed by atoms with van der Waals surface area (Å²) in [4.78, 5) is 25.9. The second kappa shape index (κ2) is 9.33. The first-order valence-corrected chi connectivity index (χ1v) is 11.7. The molecule has 32 heavy (non-hydrogen) atoms. The number of halogens is 3. The summed E-state index contributed by atoms with van der Waals surface area (Å²) in [5, 5.41) is 10.5. The predicted octanol–water partition coefficient (Wildman–Crippen LogP) is 2.00. The maximum atomic E-state index is 14.7. The number of hydrogen-bond acceptors (Lipinski definition) is 5. The van der Waals surface area contributed by atoms with Gasteiger partial charge in [0, 0.05) is 10.0 Å². The Labute approximate surface area is 191 Å². The third-order valence-electron chi connectivity index (χ3n) is 4.41. The van der Waals surface area contributed by atoms with Crippen molar-refractivity contribution in [2.24, 2.45) is 0 Å². The van der Waals surface area contributed by atoms with E-state index in [-0.39, 0.29) is 12.1 Å². The minimum Gasteiger partial charge on any atom is -0.302 e. The maximum Gasteiger partial charge on any atom is 0.267 e. The summed E-state index contributed by atoms with van der Waals surface area (Å²) >= 11 is 3.25. The van der Waals surface area contributed by atoms with E-state index >= 15 is 0 Å². The van der Waals surface area contributed by atoms with E-state index in [4.69, 9.17) is 0 Å². The zero-order chi connectivity index (χ0) is 23.6. The fourth-order valence-electron chi connectivity index (χ4n) is 3.05.